The van der Waals surface area contributed by atoms with Gasteiger partial charge in [-0.05, 0) is 84.8 Å². The molecule has 0 N–H and O–H groups in total. The van der Waals surface area contributed by atoms with Crippen molar-refractivity contribution in [2.24, 2.45) is 0 Å². The molecule has 0 bridgehead atoms. The average molecular weight is 464 g/mol. The monoisotopic (exact) mass is 462 g/mol. The Bertz CT molecular complexity index is 1140. The first-order chi connectivity index (χ1) is 14.4. The number of aromatic nitrogens is 2. The van der Waals surface area contributed by atoms with Gasteiger partial charge in [-0.1, -0.05) is 41.8 Å². The number of rotatable bonds is 3. The van der Waals surface area contributed by atoms with Crippen LogP contribution in [0.5, 0.6) is 0 Å². The summed E-state index contributed by atoms with van der Waals surface area (Å²) in [5, 5.41) is 4.88. The quantitative estimate of drug-likeness (QED) is 0.380. The predicted molar refractivity (Wildman–Crippen MR) is 120 cm³/mol. The summed E-state index contributed by atoms with van der Waals surface area (Å²) in [5.74, 6) is -0.288. The van der Waals surface area contributed by atoms with E-state index >= 15 is 0 Å². The van der Waals surface area contributed by atoms with E-state index in [9.17, 15) is 9.18 Å². The minimum Gasteiger partial charge on any atom is -0.274 e. The van der Waals surface area contributed by atoms with Gasteiger partial charge in [-0.3, -0.25) is 4.79 Å². The van der Waals surface area contributed by atoms with E-state index in [1.807, 2.05) is 6.08 Å². The molecule has 2 aromatic carbocycles. The first-order valence-electron chi connectivity index (χ1n) is 9.67. The van der Waals surface area contributed by atoms with Crippen molar-refractivity contribution in [1.82, 2.24) is 9.78 Å². The number of halogens is 4. The normalized spacial score (nSPS) is 15.5. The van der Waals surface area contributed by atoms with Crippen LogP contribution >= 0.6 is 34.8 Å². The van der Waals surface area contributed by atoms with Gasteiger partial charge >= 0.3 is 0 Å². The smallest absolute Gasteiger partial charge is 0.273 e. The van der Waals surface area contributed by atoms with Gasteiger partial charge in [0.1, 0.15) is 11.5 Å². The average Bonchev–Trinajstić information content (AvgIpc) is 3.05. The van der Waals surface area contributed by atoms with E-state index in [4.69, 9.17) is 34.8 Å². The number of carbonyl (C=O) groups excluding carboxylic acids is 1. The molecule has 3 aromatic rings. The van der Waals surface area contributed by atoms with E-state index in [1.165, 1.54) is 12.1 Å². The first-order valence-corrected chi connectivity index (χ1v) is 10.8. The number of hydrogen-bond acceptors (Lipinski definition) is 2. The van der Waals surface area contributed by atoms with Crippen LogP contribution in [-0.2, 0) is 6.42 Å². The molecule has 0 saturated heterocycles. The van der Waals surface area contributed by atoms with Crippen molar-refractivity contribution in [3.63, 3.8) is 0 Å². The molecule has 1 aliphatic carbocycles. The fraction of sp³-hybridized carbons (Fsp3) is 0.217. The Morgan fingerprint density at radius 1 is 1.03 bits per heavy atom. The van der Waals surface area contributed by atoms with Crippen LogP contribution in [0, 0.1) is 5.82 Å². The molecule has 0 unspecified atom stereocenters. The van der Waals surface area contributed by atoms with Gasteiger partial charge in [-0.15, -0.1) is 0 Å². The molecule has 0 atom stereocenters. The van der Waals surface area contributed by atoms with Gasteiger partial charge in [0, 0.05) is 10.6 Å². The first kappa shape index (κ1) is 21.1. The lowest BCUT2D eigenvalue weighted by Gasteiger charge is -2.17. The minimum absolute atomic E-state index is 0.240. The van der Waals surface area contributed by atoms with E-state index < -0.39 is 5.24 Å². The van der Waals surface area contributed by atoms with Gasteiger partial charge in [0.05, 0.1) is 16.4 Å². The van der Waals surface area contributed by atoms with Crippen LogP contribution in [0.25, 0.3) is 17.3 Å². The van der Waals surface area contributed by atoms with Crippen LogP contribution in [-0.4, -0.2) is 15.0 Å². The predicted octanol–water partition coefficient (Wildman–Crippen LogP) is 7.35. The van der Waals surface area contributed by atoms with E-state index in [1.54, 1.807) is 35.0 Å². The van der Waals surface area contributed by atoms with Crippen LogP contribution < -0.4 is 0 Å². The molecule has 0 fully saturated rings. The topological polar surface area (TPSA) is 34.9 Å². The largest absolute Gasteiger partial charge is 0.274 e. The highest BCUT2D eigenvalue weighted by atomic mass is 35.5. The van der Waals surface area contributed by atoms with Crippen LogP contribution in [0.15, 0.2) is 42.5 Å². The maximum atomic E-state index is 13.4. The second-order valence-electron chi connectivity index (χ2n) is 7.24. The van der Waals surface area contributed by atoms with Crippen LogP contribution in [0.1, 0.15) is 53.0 Å². The van der Waals surface area contributed by atoms with Gasteiger partial charge in [0.2, 0.25) is 0 Å². The molecule has 3 nitrogen and oxygen atoms in total. The maximum Gasteiger partial charge on any atom is 0.273 e. The lowest BCUT2D eigenvalue weighted by Crippen LogP contribution is -2.06. The Hall–Kier alpha value is -2.14. The highest BCUT2D eigenvalue weighted by molar-refractivity contribution is 6.67. The second kappa shape index (κ2) is 8.93. The Balaban J connectivity index is 1.97. The summed E-state index contributed by atoms with van der Waals surface area (Å²) >= 11 is 18.4. The molecular formula is C23H18Cl3FN2O. The number of carbonyl (C=O) groups is 1. The summed E-state index contributed by atoms with van der Waals surface area (Å²) in [7, 11) is 0. The number of benzene rings is 2. The maximum absolute atomic E-state index is 13.4. The van der Waals surface area contributed by atoms with Crippen molar-refractivity contribution < 1.29 is 9.18 Å². The molecule has 0 spiro atoms. The van der Waals surface area contributed by atoms with Gasteiger partial charge in [0.15, 0.2) is 0 Å². The van der Waals surface area contributed by atoms with Gasteiger partial charge in [-0.25, -0.2) is 9.07 Å². The standard InChI is InChI=1S/C23H18Cl3FN2O/c24-16-8-11-20(19(25)13-16)29-22-15(12-14-6-9-17(27)10-7-14)4-2-1-3-5-18(22)21(28-29)23(26)30/h6-13H,1-5H2. The van der Waals surface area contributed by atoms with Crippen LogP contribution in [0.3, 0.4) is 0 Å². The number of allylic oxidation sites excluding steroid dienone is 1. The highest BCUT2D eigenvalue weighted by Crippen LogP contribution is 2.36. The lowest BCUT2D eigenvalue weighted by atomic mass is 9.91. The number of hydrogen-bond donors (Lipinski definition) is 0. The third-order valence-corrected chi connectivity index (χ3v) is 5.91. The van der Waals surface area contributed by atoms with Gasteiger partial charge in [0.25, 0.3) is 5.24 Å². The van der Waals surface area contributed by atoms with E-state index in [0.717, 1.165) is 48.1 Å². The summed E-state index contributed by atoms with van der Waals surface area (Å²) in [6.45, 7) is 0. The zero-order valence-electron chi connectivity index (χ0n) is 16.0. The van der Waals surface area contributed by atoms with Crippen molar-refractivity contribution in [1.29, 1.82) is 0 Å². The molecule has 7 heteroatoms. The summed E-state index contributed by atoms with van der Waals surface area (Å²) in [5.41, 5.74) is 4.35. The van der Waals surface area contributed by atoms with Gasteiger partial charge in [-0.2, -0.15) is 5.10 Å². The fourth-order valence-electron chi connectivity index (χ4n) is 3.82. The molecule has 0 amide bonds. The Kier molecular flexibility index (Phi) is 6.28. The molecule has 1 aromatic heterocycles. The summed E-state index contributed by atoms with van der Waals surface area (Å²) in [6.07, 6.45) is 6.45. The molecule has 1 aliphatic rings. The molecule has 1 heterocycles. The molecule has 30 heavy (non-hydrogen) atoms. The molecule has 4 rings (SSSR count). The molecular weight excluding hydrogens is 446 g/mol. The summed E-state index contributed by atoms with van der Waals surface area (Å²) < 4.78 is 15.1. The van der Waals surface area contributed by atoms with Crippen molar-refractivity contribution in [2.75, 3.05) is 0 Å². The third kappa shape index (κ3) is 4.31. The Morgan fingerprint density at radius 3 is 2.47 bits per heavy atom. The summed E-state index contributed by atoms with van der Waals surface area (Å²) in [4.78, 5) is 12.2. The zero-order valence-corrected chi connectivity index (χ0v) is 18.2. The number of fused-ring (bicyclic) bond motifs is 1. The SMILES string of the molecule is O=C(Cl)c1nn(-c2ccc(Cl)cc2Cl)c2c1CCCCCC2=Cc1ccc(F)cc1. The number of nitrogens with zero attached hydrogens (tertiary/aromatic N) is 2. The Labute approximate surface area is 189 Å². The lowest BCUT2D eigenvalue weighted by molar-refractivity contribution is 0.107. The molecule has 0 radical (unpaired) electrons. The van der Waals surface area contributed by atoms with E-state index in [0.29, 0.717) is 22.2 Å². The fourth-order valence-corrected chi connectivity index (χ4v) is 4.46. The van der Waals surface area contributed by atoms with Crippen molar-refractivity contribution in [3.8, 4) is 5.69 Å². The molecule has 0 aliphatic heterocycles. The second-order valence-corrected chi connectivity index (χ2v) is 8.43. The highest BCUT2D eigenvalue weighted by Gasteiger charge is 2.26. The minimum atomic E-state index is -0.600. The van der Waals surface area contributed by atoms with Gasteiger partial charge < -0.3 is 0 Å². The molecule has 0 saturated carbocycles. The zero-order chi connectivity index (χ0) is 21.3. The van der Waals surface area contributed by atoms with Crippen LogP contribution in [0.2, 0.25) is 10.0 Å². The third-order valence-electron chi connectivity index (χ3n) is 5.20. The van der Waals surface area contributed by atoms with Crippen LogP contribution in [0.4, 0.5) is 4.39 Å². The summed E-state index contributed by atoms with van der Waals surface area (Å²) in [6, 6.07) is 11.4. The molecule has 154 valence electrons. The van der Waals surface area contributed by atoms with Crippen molar-refractivity contribution in [3.05, 3.63) is 80.8 Å². The van der Waals surface area contributed by atoms with Crippen molar-refractivity contribution >= 4 is 51.7 Å². The van der Waals surface area contributed by atoms with E-state index in [2.05, 4.69) is 5.10 Å². The Morgan fingerprint density at radius 2 is 1.77 bits per heavy atom. The van der Waals surface area contributed by atoms with E-state index in [-0.39, 0.29) is 11.5 Å². The van der Waals surface area contributed by atoms with Crippen molar-refractivity contribution in [2.45, 2.75) is 32.1 Å².